The molecule has 1 aliphatic heterocycles. The van der Waals surface area contributed by atoms with Crippen molar-refractivity contribution < 1.29 is 28.5 Å². The zero-order valence-electron chi connectivity index (χ0n) is 19.0. The molecule has 0 saturated carbocycles. The van der Waals surface area contributed by atoms with Crippen molar-refractivity contribution in [3.05, 3.63) is 59.5 Å². The molecule has 4 rings (SSSR count). The number of nitrogens with one attached hydrogen (secondary N) is 1. The van der Waals surface area contributed by atoms with E-state index < -0.39 is 18.5 Å². The predicted octanol–water partition coefficient (Wildman–Crippen LogP) is 4.06. The number of anilines is 2. The summed E-state index contributed by atoms with van der Waals surface area (Å²) in [5, 5.41) is 3.69. The molecule has 0 atom stereocenters. The molecule has 0 unspecified atom stereocenters. The molecule has 1 fully saturated rings. The van der Waals surface area contributed by atoms with Crippen LogP contribution in [0, 0.1) is 0 Å². The summed E-state index contributed by atoms with van der Waals surface area (Å²) in [7, 11) is 3.04. The van der Waals surface area contributed by atoms with Gasteiger partial charge in [-0.3, -0.25) is 4.79 Å². The standard InChI is InChI=1S/C25H26N2O6S/c1-30-18-8-9-20(21(14-18)31-2)26-23(28)16-33-25(29)22-15-19(17-6-4-3-5-7-17)24(34-22)27-10-12-32-13-11-27/h3-9,14-15H,10-13,16H2,1-2H3,(H,26,28). The van der Waals surface area contributed by atoms with Crippen molar-refractivity contribution in [3.63, 3.8) is 0 Å². The van der Waals surface area contributed by atoms with Crippen molar-refractivity contribution in [2.75, 3.05) is 57.3 Å². The fourth-order valence-corrected chi connectivity index (χ4v) is 4.72. The van der Waals surface area contributed by atoms with Gasteiger partial charge in [0.1, 0.15) is 16.4 Å². The van der Waals surface area contributed by atoms with Crippen LogP contribution in [-0.4, -0.2) is 59.0 Å². The third-order valence-electron chi connectivity index (χ3n) is 5.31. The van der Waals surface area contributed by atoms with Crippen LogP contribution >= 0.6 is 11.3 Å². The zero-order chi connectivity index (χ0) is 23.9. The first-order chi connectivity index (χ1) is 16.6. The van der Waals surface area contributed by atoms with Gasteiger partial charge in [-0.25, -0.2) is 4.79 Å². The van der Waals surface area contributed by atoms with E-state index in [9.17, 15) is 9.59 Å². The van der Waals surface area contributed by atoms with E-state index in [4.69, 9.17) is 18.9 Å². The highest BCUT2D eigenvalue weighted by Gasteiger charge is 2.23. The van der Waals surface area contributed by atoms with E-state index >= 15 is 0 Å². The molecule has 9 heteroatoms. The Morgan fingerprint density at radius 3 is 2.50 bits per heavy atom. The molecule has 34 heavy (non-hydrogen) atoms. The Morgan fingerprint density at radius 2 is 1.79 bits per heavy atom. The van der Waals surface area contributed by atoms with E-state index in [0.717, 1.165) is 29.2 Å². The second-order valence-electron chi connectivity index (χ2n) is 7.49. The van der Waals surface area contributed by atoms with Gasteiger partial charge in [0.25, 0.3) is 5.91 Å². The van der Waals surface area contributed by atoms with Gasteiger partial charge in [0, 0.05) is 24.7 Å². The summed E-state index contributed by atoms with van der Waals surface area (Å²) < 4.78 is 21.2. The fraction of sp³-hybridized carbons (Fsp3) is 0.280. The van der Waals surface area contributed by atoms with Gasteiger partial charge in [0.15, 0.2) is 6.61 Å². The van der Waals surface area contributed by atoms with E-state index in [1.807, 2.05) is 36.4 Å². The molecule has 3 aromatic rings. The highest BCUT2D eigenvalue weighted by Crippen LogP contribution is 2.39. The second kappa shape index (κ2) is 11.0. The quantitative estimate of drug-likeness (QED) is 0.485. The Morgan fingerprint density at radius 1 is 1.03 bits per heavy atom. The second-order valence-corrected chi connectivity index (χ2v) is 8.52. The van der Waals surface area contributed by atoms with Crippen LogP contribution < -0.4 is 19.7 Å². The summed E-state index contributed by atoms with van der Waals surface area (Å²) in [5.41, 5.74) is 2.44. The Hall–Kier alpha value is -3.56. The number of rotatable bonds is 8. The van der Waals surface area contributed by atoms with E-state index in [2.05, 4.69) is 10.2 Å². The van der Waals surface area contributed by atoms with Crippen LogP contribution in [0.2, 0.25) is 0 Å². The summed E-state index contributed by atoms with van der Waals surface area (Å²) in [4.78, 5) is 27.9. The number of methoxy groups -OCH3 is 2. The lowest BCUT2D eigenvalue weighted by Crippen LogP contribution is -2.35. The summed E-state index contributed by atoms with van der Waals surface area (Å²) >= 11 is 1.37. The maximum atomic E-state index is 12.8. The minimum Gasteiger partial charge on any atom is -0.497 e. The molecule has 0 spiro atoms. The van der Waals surface area contributed by atoms with Crippen molar-refractivity contribution in [1.82, 2.24) is 0 Å². The third-order valence-corrected chi connectivity index (χ3v) is 6.49. The van der Waals surface area contributed by atoms with E-state index in [0.29, 0.717) is 35.3 Å². The van der Waals surface area contributed by atoms with E-state index in [1.165, 1.54) is 18.4 Å². The average molecular weight is 483 g/mol. The molecule has 1 aliphatic rings. The molecule has 1 N–H and O–H groups in total. The summed E-state index contributed by atoms with van der Waals surface area (Å²) in [6.07, 6.45) is 0. The monoisotopic (exact) mass is 482 g/mol. The maximum Gasteiger partial charge on any atom is 0.348 e. The number of carbonyl (C=O) groups is 2. The number of amides is 1. The maximum absolute atomic E-state index is 12.8. The Labute approximate surface area is 202 Å². The Kier molecular flexibility index (Phi) is 7.66. The summed E-state index contributed by atoms with van der Waals surface area (Å²) in [5.74, 6) is 0.0350. The summed E-state index contributed by atoms with van der Waals surface area (Å²) in [6.45, 7) is 2.36. The summed E-state index contributed by atoms with van der Waals surface area (Å²) in [6, 6.07) is 16.8. The molecule has 0 radical (unpaired) electrons. The van der Waals surface area contributed by atoms with Crippen molar-refractivity contribution in [2.24, 2.45) is 0 Å². The molecule has 1 aromatic heterocycles. The molecule has 0 bridgehead atoms. The van der Waals surface area contributed by atoms with Crippen LogP contribution in [-0.2, 0) is 14.3 Å². The van der Waals surface area contributed by atoms with Gasteiger partial charge in [-0.05, 0) is 23.8 Å². The lowest BCUT2D eigenvalue weighted by atomic mass is 10.1. The molecule has 1 amide bonds. The number of ether oxygens (including phenoxy) is 4. The van der Waals surface area contributed by atoms with Crippen LogP contribution in [0.1, 0.15) is 9.67 Å². The molecule has 0 aliphatic carbocycles. The minimum absolute atomic E-state index is 0.417. The average Bonchev–Trinajstić information content (AvgIpc) is 3.34. The molecule has 2 aromatic carbocycles. The molecular formula is C25H26N2O6S. The Bertz CT molecular complexity index is 1140. The van der Waals surface area contributed by atoms with Gasteiger partial charge in [-0.2, -0.15) is 0 Å². The van der Waals surface area contributed by atoms with Crippen molar-refractivity contribution in [2.45, 2.75) is 0 Å². The van der Waals surface area contributed by atoms with Crippen LogP contribution in [0.25, 0.3) is 11.1 Å². The molecule has 178 valence electrons. The fourth-order valence-electron chi connectivity index (χ4n) is 3.60. The Balaban J connectivity index is 1.46. The highest BCUT2D eigenvalue weighted by molar-refractivity contribution is 7.18. The predicted molar refractivity (Wildman–Crippen MR) is 131 cm³/mol. The highest BCUT2D eigenvalue weighted by atomic mass is 32.1. The third kappa shape index (κ3) is 5.49. The largest absolute Gasteiger partial charge is 0.497 e. The number of carbonyl (C=O) groups excluding carboxylic acids is 2. The SMILES string of the molecule is COc1ccc(NC(=O)COC(=O)c2cc(-c3ccccc3)c(N3CCOCC3)s2)c(OC)c1. The lowest BCUT2D eigenvalue weighted by Gasteiger charge is -2.28. The molecule has 2 heterocycles. The number of thiophene rings is 1. The number of benzene rings is 2. The van der Waals surface area contributed by atoms with Crippen LogP contribution in [0.4, 0.5) is 10.7 Å². The number of morpholine rings is 1. The smallest absolute Gasteiger partial charge is 0.348 e. The zero-order valence-corrected chi connectivity index (χ0v) is 19.9. The van der Waals surface area contributed by atoms with Gasteiger partial charge < -0.3 is 29.2 Å². The van der Waals surface area contributed by atoms with Crippen LogP contribution in [0.15, 0.2) is 54.6 Å². The minimum atomic E-state index is -0.543. The lowest BCUT2D eigenvalue weighted by molar-refractivity contribution is -0.119. The molecular weight excluding hydrogens is 456 g/mol. The number of esters is 1. The van der Waals surface area contributed by atoms with Gasteiger partial charge in [-0.1, -0.05) is 30.3 Å². The van der Waals surface area contributed by atoms with E-state index in [-0.39, 0.29) is 0 Å². The van der Waals surface area contributed by atoms with Crippen LogP contribution in [0.5, 0.6) is 11.5 Å². The van der Waals surface area contributed by atoms with Gasteiger partial charge in [0.05, 0.1) is 38.1 Å². The van der Waals surface area contributed by atoms with E-state index in [1.54, 1.807) is 25.3 Å². The van der Waals surface area contributed by atoms with Crippen molar-refractivity contribution in [1.29, 1.82) is 0 Å². The number of hydrogen-bond donors (Lipinski definition) is 1. The van der Waals surface area contributed by atoms with Crippen molar-refractivity contribution >= 4 is 33.9 Å². The first-order valence-corrected chi connectivity index (χ1v) is 11.6. The number of hydrogen-bond acceptors (Lipinski definition) is 8. The van der Waals surface area contributed by atoms with Gasteiger partial charge >= 0.3 is 5.97 Å². The first-order valence-electron chi connectivity index (χ1n) is 10.8. The van der Waals surface area contributed by atoms with Crippen LogP contribution in [0.3, 0.4) is 0 Å². The molecule has 1 saturated heterocycles. The van der Waals surface area contributed by atoms with Gasteiger partial charge in [0.2, 0.25) is 0 Å². The first kappa shape index (κ1) is 23.6. The topological polar surface area (TPSA) is 86.3 Å². The van der Waals surface area contributed by atoms with Crippen molar-refractivity contribution in [3.8, 4) is 22.6 Å². The normalized spacial score (nSPS) is 13.3. The van der Waals surface area contributed by atoms with Gasteiger partial charge in [-0.15, -0.1) is 11.3 Å². The molecule has 8 nitrogen and oxygen atoms in total. The number of nitrogens with zero attached hydrogens (tertiary/aromatic N) is 1.